The van der Waals surface area contributed by atoms with Crippen LogP contribution in [0.3, 0.4) is 0 Å². The van der Waals surface area contributed by atoms with Crippen molar-refractivity contribution in [3.63, 3.8) is 0 Å². The molecular weight excluding hydrogens is 258 g/mol. The van der Waals surface area contributed by atoms with Gasteiger partial charge in [-0.05, 0) is 60.9 Å². The highest BCUT2D eigenvalue weighted by atomic mass is 16.5. The Morgan fingerprint density at radius 3 is 2.81 bits per heavy atom. The summed E-state index contributed by atoms with van der Waals surface area (Å²) >= 11 is 0. The molecule has 0 saturated heterocycles. The Hall–Kier alpha value is -1.02. The smallest absolute Gasteiger partial charge is 0.119 e. The van der Waals surface area contributed by atoms with Gasteiger partial charge in [0.05, 0.1) is 6.61 Å². The third kappa shape index (κ3) is 3.60. The summed E-state index contributed by atoms with van der Waals surface area (Å²) in [4.78, 5) is 0. The summed E-state index contributed by atoms with van der Waals surface area (Å²) in [6.07, 6.45) is 6.38. The first-order chi connectivity index (χ1) is 9.96. The molecule has 3 rings (SSSR count). The molecule has 1 fully saturated rings. The van der Waals surface area contributed by atoms with Gasteiger partial charge in [-0.3, -0.25) is 0 Å². The summed E-state index contributed by atoms with van der Waals surface area (Å²) in [5.74, 6) is 1.06. The lowest BCUT2D eigenvalue weighted by Crippen LogP contribution is -2.35. The van der Waals surface area contributed by atoms with Crippen LogP contribution in [0.15, 0.2) is 18.2 Å². The van der Waals surface area contributed by atoms with E-state index in [1.807, 2.05) is 0 Å². The number of rotatable bonds is 3. The van der Waals surface area contributed by atoms with Crippen LogP contribution in [0, 0.1) is 10.8 Å². The van der Waals surface area contributed by atoms with Crippen molar-refractivity contribution in [3.05, 3.63) is 29.3 Å². The standard InChI is InChI=1S/C19H29NO/c1-18(2)8-4-9-19(3,13-18)14-21-17-6-5-16-12-20-10-7-15(16)11-17/h5-6,11,20H,4,7-10,12-14H2,1-3H3. The van der Waals surface area contributed by atoms with E-state index in [1.54, 1.807) is 0 Å². The average molecular weight is 287 g/mol. The largest absolute Gasteiger partial charge is 0.493 e. The molecule has 2 nitrogen and oxygen atoms in total. The molecule has 116 valence electrons. The van der Waals surface area contributed by atoms with Crippen molar-refractivity contribution in [1.29, 1.82) is 0 Å². The van der Waals surface area contributed by atoms with Crippen LogP contribution in [0.5, 0.6) is 5.75 Å². The van der Waals surface area contributed by atoms with Crippen LogP contribution in [0.25, 0.3) is 0 Å². The molecule has 0 spiro atoms. The summed E-state index contributed by atoms with van der Waals surface area (Å²) in [7, 11) is 0. The van der Waals surface area contributed by atoms with Gasteiger partial charge in [-0.1, -0.05) is 33.3 Å². The molecule has 1 aromatic rings. The summed E-state index contributed by atoms with van der Waals surface area (Å²) in [5, 5.41) is 3.42. The molecule has 1 aliphatic carbocycles. The zero-order valence-corrected chi connectivity index (χ0v) is 13.8. The molecule has 1 aromatic carbocycles. The molecule has 1 atom stereocenters. The Bertz CT molecular complexity index is 508. The quantitative estimate of drug-likeness (QED) is 0.894. The molecule has 0 bridgehead atoms. The lowest BCUT2D eigenvalue weighted by Gasteiger charge is -2.42. The van der Waals surface area contributed by atoms with Gasteiger partial charge in [0.1, 0.15) is 5.75 Å². The van der Waals surface area contributed by atoms with E-state index in [4.69, 9.17) is 4.74 Å². The second kappa shape index (κ2) is 5.64. The van der Waals surface area contributed by atoms with Crippen molar-refractivity contribution in [2.75, 3.05) is 13.2 Å². The van der Waals surface area contributed by atoms with Gasteiger partial charge >= 0.3 is 0 Å². The number of benzene rings is 1. The van der Waals surface area contributed by atoms with E-state index in [1.165, 1.54) is 36.8 Å². The minimum absolute atomic E-state index is 0.333. The molecule has 0 radical (unpaired) electrons. The highest BCUT2D eigenvalue weighted by Gasteiger charge is 2.37. The molecule has 2 aliphatic rings. The van der Waals surface area contributed by atoms with Gasteiger partial charge in [-0.25, -0.2) is 0 Å². The van der Waals surface area contributed by atoms with E-state index in [2.05, 4.69) is 44.3 Å². The van der Waals surface area contributed by atoms with Crippen molar-refractivity contribution >= 4 is 0 Å². The number of fused-ring (bicyclic) bond motifs is 1. The molecule has 0 aromatic heterocycles. The Balaban J connectivity index is 1.64. The molecule has 1 N–H and O–H groups in total. The Kier molecular flexibility index (Phi) is 4.00. The molecule has 2 heteroatoms. The van der Waals surface area contributed by atoms with Gasteiger partial charge in [0.25, 0.3) is 0 Å². The topological polar surface area (TPSA) is 21.3 Å². The summed E-state index contributed by atoms with van der Waals surface area (Å²) in [6, 6.07) is 6.63. The summed E-state index contributed by atoms with van der Waals surface area (Å²) < 4.78 is 6.19. The van der Waals surface area contributed by atoms with E-state index in [9.17, 15) is 0 Å². The first kappa shape index (κ1) is 14.9. The van der Waals surface area contributed by atoms with Crippen LogP contribution in [0.4, 0.5) is 0 Å². The molecule has 21 heavy (non-hydrogen) atoms. The van der Waals surface area contributed by atoms with E-state index in [0.29, 0.717) is 10.8 Å². The Morgan fingerprint density at radius 2 is 2.00 bits per heavy atom. The highest BCUT2D eigenvalue weighted by Crippen LogP contribution is 2.46. The van der Waals surface area contributed by atoms with Crippen molar-refractivity contribution in [3.8, 4) is 5.75 Å². The maximum absolute atomic E-state index is 6.19. The van der Waals surface area contributed by atoms with Crippen LogP contribution in [-0.2, 0) is 13.0 Å². The zero-order valence-electron chi connectivity index (χ0n) is 13.8. The Labute approximate surface area is 129 Å². The Morgan fingerprint density at radius 1 is 1.14 bits per heavy atom. The maximum atomic E-state index is 6.19. The molecule has 1 aliphatic heterocycles. The number of ether oxygens (including phenoxy) is 1. The van der Waals surface area contributed by atoms with Crippen molar-refractivity contribution < 1.29 is 4.74 Å². The maximum Gasteiger partial charge on any atom is 0.119 e. The fraction of sp³-hybridized carbons (Fsp3) is 0.684. The molecule has 1 unspecified atom stereocenters. The van der Waals surface area contributed by atoms with Crippen molar-refractivity contribution in [1.82, 2.24) is 5.32 Å². The van der Waals surface area contributed by atoms with E-state index < -0.39 is 0 Å². The summed E-state index contributed by atoms with van der Waals surface area (Å²) in [6.45, 7) is 10.1. The second-order valence-electron chi connectivity index (χ2n) is 8.15. The molecule has 1 heterocycles. The van der Waals surface area contributed by atoms with Crippen LogP contribution in [0.2, 0.25) is 0 Å². The lowest BCUT2D eigenvalue weighted by molar-refractivity contribution is 0.0504. The van der Waals surface area contributed by atoms with Crippen molar-refractivity contribution in [2.45, 2.75) is 59.4 Å². The number of hydrogen-bond acceptors (Lipinski definition) is 2. The van der Waals surface area contributed by atoms with E-state index >= 15 is 0 Å². The predicted octanol–water partition coefficient (Wildman–Crippen LogP) is 4.32. The van der Waals surface area contributed by atoms with Crippen LogP contribution in [0.1, 0.15) is 57.6 Å². The second-order valence-corrected chi connectivity index (χ2v) is 8.15. The monoisotopic (exact) mass is 287 g/mol. The van der Waals surface area contributed by atoms with E-state index in [0.717, 1.165) is 31.9 Å². The van der Waals surface area contributed by atoms with Crippen LogP contribution < -0.4 is 10.1 Å². The molecule has 1 saturated carbocycles. The van der Waals surface area contributed by atoms with Gasteiger partial charge in [-0.2, -0.15) is 0 Å². The van der Waals surface area contributed by atoms with E-state index in [-0.39, 0.29) is 0 Å². The van der Waals surface area contributed by atoms with Crippen molar-refractivity contribution in [2.24, 2.45) is 10.8 Å². The minimum atomic E-state index is 0.333. The molecule has 0 amide bonds. The fourth-order valence-corrected chi connectivity index (χ4v) is 4.25. The SMILES string of the molecule is CC1(C)CCCC(C)(COc2ccc3c(c2)CCNC3)C1. The van der Waals surface area contributed by atoms with Gasteiger partial charge in [0, 0.05) is 12.0 Å². The fourth-order valence-electron chi connectivity index (χ4n) is 4.25. The van der Waals surface area contributed by atoms with Crippen LogP contribution >= 0.6 is 0 Å². The number of hydrogen-bond donors (Lipinski definition) is 1. The van der Waals surface area contributed by atoms with Gasteiger partial charge in [0.2, 0.25) is 0 Å². The summed E-state index contributed by atoms with van der Waals surface area (Å²) in [5.41, 5.74) is 3.69. The minimum Gasteiger partial charge on any atom is -0.493 e. The lowest BCUT2D eigenvalue weighted by atomic mass is 9.65. The number of nitrogens with one attached hydrogen (secondary N) is 1. The first-order valence-electron chi connectivity index (χ1n) is 8.41. The van der Waals surface area contributed by atoms with Gasteiger partial charge < -0.3 is 10.1 Å². The predicted molar refractivity (Wildman–Crippen MR) is 87.7 cm³/mol. The highest BCUT2D eigenvalue weighted by molar-refractivity contribution is 5.37. The van der Waals surface area contributed by atoms with Gasteiger partial charge in [-0.15, -0.1) is 0 Å². The zero-order chi connectivity index (χ0) is 14.9. The van der Waals surface area contributed by atoms with Gasteiger partial charge in [0.15, 0.2) is 0 Å². The average Bonchev–Trinajstić information content (AvgIpc) is 2.44. The third-order valence-corrected chi connectivity index (χ3v) is 5.19. The third-order valence-electron chi connectivity index (χ3n) is 5.19. The molecular formula is C19H29NO. The first-order valence-corrected chi connectivity index (χ1v) is 8.41. The normalized spacial score (nSPS) is 28.0. The van der Waals surface area contributed by atoms with Crippen LogP contribution in [-0.4, -0.2) is 13.2 Å².